The van der Waals surface area contributed by atoms with E-state index in [4.69, 9.17) is 9.47 Å². The second kappa shape index (κ2) is 13.5. The number of nitrogens with zero attached hydrogens (tertiary/aromatic N) is 2. The number of hydrogen-bond acceptors (Lipinski definition) is 7. The first-order valence-electron chi connectivity index (χ1n) is 17.4. The molecule has 7 rings (SSSR count). The highest BCUT2D eigenvalue weighted by Gasteiger charge is 2.74. The molecule has 0 unspecified atom stereocenters. The number of rotatable bonds is 5. The maximum atomic E-state index is 15.2. The molecule has 5 bridgehead atoms. The average Bonchev–Trinajstić information content (AvgIpc) is 3.76. The molecule has 50 heavy (non-hydrogen) atoms. The lowest BCUT2D eigenvalue weighted by Gasteiger charge is -2.40. The molecule has 0 aromatic heterocycles. The average molecular weight is 678 g/mol. The van der Waals surface area contributed by atoms with Gasteiger partial charge >= 0.3 is 5.97 Å². The summed E-state index contributed by atoms with van der Waals surface area (Å²) in [6.07, 6.45) is 6.22. The van der Waals surface area contributed by atoms with E-state index in [1.165, 1.54) is 4.90 Å². The van der Waals surface area contributed by atoms with Crippen molar-refractivity contribution in [3.63, 3.8) is 0 Å². The molecule has 0 aliphatic carbocycles. The molecule has 10 nitrogen and oxygen atoms in total. The molecule has 4 aliphatic rings. The minimum Gasteiger partial charge on any atom is -0.455 e. The Bertz CT molecular complexity index is 1860. The van der Waals surface area contributed by atoms with Crippen molar-refractivity contribution in [3.8, 4) is 0 Å². The minimum absolute atomic E-state index is 0.161. The lowest BCUT2D eigenvalue weighted by molar-refractivity contribution is -0.161. The summed E-state index contributed by atoms with van der Waals surface area (Å²) in [7, 11) is 0. The number of carbonyl (C=O) groups is 4. The number of esters is 1. The molecular formula is C40H43N3O7. The van der Waals surface area contributed by atoms with E-state index in [1.807, 2.05) is 98.8 Å². The number of cyclic esters (lactones) is 1. The van der Waals surface area contributed by atoms with E-state index in [0.717, 1.165) is 10.8 Å². The number of allylic oxidation sites excluding steroid dienone is 1. The molecular weight excluding hydrogens is 634 g/mol. The van der Waals surface area contributed by atoms with Crippen molar-refractivity contribution >= 4 is 40.2 Å². The topological polar surface area (TPSA) is 125 Å². The second-order valence-corrected chi connectivity index (χ2v) is 14.1. The highest BCUT2D eigenvalue weighted by molar-refractivity contribution is 6.06. The smallest absolute Gasteiger partial charge is 0.313 e. The maximum Gasteiger partial charge on any atom is 0.313 e. The van der Waals surface area contributed by atoms with Crippen LogP contribution in [0.5, 0.6) is 0 Å². The molecule has 3 aromatic rings. The number of carbonyl (C=O) groups excluding carboxylic acids is 4. The summed E-state index contributed by atoms with van der Waals surface area (Å²) in [6.45, 7) is 5.36. The van der Waals surface area contributed by atoms with Gasteiger partial charge in [-0.05, 0) is 47.7 Å². The van der Waals surface area contributed by atoms with E-state index in [1.54, 1.807) is 24.0 Å². The summed E-state index contributed by atoms with van der Waals surface area (Å²) < 4.78 is 12.9. The van der Waals surface area contributed by atoms with Crippen LogP contribution in [0.25, 0.3) is 10.8 Å². The lowest BCUT2D eigenvalue weighted by atomic mass is 9.74. The van der Waals surface area contributed by atoms with Crippen LogP contribution in [0.2, 0.25) is 0 Å². The van der Waals surface area contributed by atoms with E-state index in [2.05, 4.69) is 5.32 Å². The molecule has 1 spiro atoms. The molecule has 3 aromatic carbocycles. The number of aliphatic hydroxyl groups is 1. The fraction of sp³-hybridized carbons (Fsp3) is 0.400. The molecule has 2 fully saturated rings. The van der Waals surface area contributed by atoms with Crippen molar-refractivity contribution < 1.29 is 33.8 Å². The van der Waals surface area contributed by atoms with E-state index < -0.39 is 65.6 Å². The fourth-order valence-corrected chi connectivity index (χ4v) is 8.17. The van der Waals surface area contributed by atoms with Crippen LogP contribution in [0.1, 0.15) is 45.3 Å². The summed E-state index contributed by atoms with van der Waals surface area (Å²) >= 11 is 0. The lowest BCUT2D eigenvalue weighted by Crippen LogP contribution is -2.59. The summed E-state index contributed by atoms with van der Waals surface area (Å²) in [5.74, 6) is -3.99. The zero-order chi connectivity index (χ0) is 35.2. The predicted octanol–water partition coefficient (Wildman–Crippen LogP) is 4.48. The molecule has 3 amide bonds. The third kappa shape index (κ3) is 5.70. The third-order valence-electron chi connectivity index (χ3n) is 10.6. The zero-order valence-corrected chi connectivity index (χ0v) is 28.5. The van der Waals surface area contributed by atoms with E-state index in [-0.39, 0.29) is 31.4 Å². The van der Waals surface area contributed by atoms with Gasteiger partial charge in [-0.2, -0.15) is 0 Å². The number of likely N-dealkylation sites (tertiary alicyclic amines) is 1. The predicted molar refractivity (Wildman–Crippen MR) is 188 cm³/mol. The van der Waals surface area contributed by atoms with Crippen molar-refractivity contribution in [2.24, 2.45) is 17.8 Å². The van der Waals surface area contributed by atoms with E-state index in [0.29, 0.717) is 17.7 Å². The van der Waals surface area contributed by atoms with Crippen LogP contribution in [0.3, 0.4) is 0 Å². The number of amides is 3. The number of aliphatic hydroxyl groups excluding tert-OH is 1. The Morgan fingerprint density at radius 1 is 0.940 bits per heavy atom. The first-order valence-corrected chi connectivity index (χ1v) is 17.4. The summed E-state index contributed by atoms with van der Waals surface area (Å²) in [5.41, 5.74) is -0.141. The standard InChI is InChI=1S/C40H43N3O7/c1-24(2)30(23-44)43-36-38(47)42(29-18-17-26-12-9-10-15-28(26)22-29)21-11-5-8-16-32(45)41-25(3)35(27-13-6-4-7-14-27)49-39(48)33-31-19-20-40(36,50-31)34(33)37(43)46/h4-7,9-15,17-20,22,24-25,30-31,33-36,44H,8,16,21,23H2,1-3H3,(H,41,45)/b11-5-/t25-,30+,31+,33-,34-,35+,36+,40-/m1/s1. The normalized spacial score (nSPS) is 31.2. The van der Waals surface area contributed by atoms with Gasteiger partial charge in [-0.25, -0.2) is 0 Å². The number of fused-ring (bicyclic) bond motifs is 3. The highest BCUT2D eigenvalue weighted by atomic mass is 16.6. The maximum absolute atomic E-state index is 15.2. The fourth-order valence-electron chi connectivity index (χ4n) is 8.17. The largest absolute Gasteiger partial charge is 0.455 e. The van der Waals surface area contributed by atoms with Crippen LogP contribution in [-0.2, 0) is 28.7 Å². The number of ether oxygens (including phenoxy) is 2. The third-order valence-corrected chi connectivity index (χ3v) is 10.6. The summed E-state index contributed by atoms with van der Waals surface area (Å²) in [4.78, 5) is 60.5. The first kappa shape index (κ1) is 33.7. The number of anilines is 1. The van der Waals surface area contributed by atoms with E-state index in [9.17, 15) is 19.5 Å². The Morgan fingerprint density at radius 3 is 2.42 bits per heavy atom. The molecule has 10 heteroatoms. The summed E-state index contributed by atoms with van der Waals surface area (Å²) in [6, 6.07) is 20.3. The first-order chi connectivity index (χ1) is 24.1. The molecule has 4 heterocycles. The van der Waals surface area contributed by atoms with Crippen molar-refractivity contribution in [2.45, 2.75) is 69.5 Å². The number of nitrogens with one attached hydrogen (secondary N) is 1. The van der Waals surface area contributed by atoms with Gasteiger partial charge < -0.3 is 29.7 Å². The van der Waals surface area contributed by atoms with Gasteiger partial charge in [-0.1, -0.05) is 98.8 Å². The molecule has 2 N–H and O–H groups in total. The molecule has 0 saturated carbocycles. The van der Waals surface area contributed by atoms with Crippen LogP contribution in [0.15, 0.2) is 97.1 Å². The minimum atomic E-state index is -1.46. The quantitative estimate of drug-likeness (QED) is 0.302. The van der Waals surface area contributed by atoms with Gasteiger partial charge in [0.15, 0.2) is 0 Å². The molecule has 4 aliphatic heterocycles. The van der Waals surface area contributed by atoms with Crippen LogP contribution in [0, 0.1) is 17.8 Å². The van der Waals surface area contributed by atoms with Gasteiger partial charge in [-0.15, -0.1) is 0 Å². The zero-order valence-electron chi connectivity index (χ0n) is 28.5. The van der Waals surface area contributed by atoms with Gasteiger partial charge in [0.25, 0.3) is 5.91 Å². The van der Waals surface area contributed by atoms with Gasteiger partial charge in [0, 0.05) is 18.7 Å². The van der Waals surface area contributed by atoms with Crippen LogP contribution in [0.4, 0.5) is 5.69 Å². The van der Waals surface area contributed by atoms with Gasteiger partial charge in [0.1, 0.15) is 23.7 Å². The SMILES string of the molecule is CC(C)[C@H](CO)N1C(=O)[C@H]2[C@@H]3C(=O)O[C@H](c4ccccc4)[C@@H](C)NC(=O)CC/C=C\CN(c4ccc5ccccc5c4)C(=O)[C@H]1[C@@]21C=C[C@@H]3O1. The van der Waals surface area contributed by atoms with Crippen molar-refractivity contribution in [1.29, 1.82) is 0 Å². The molecule has 8 atom stereocenters. The second-order valence-electron chi connectivity index (χ2n) is 14.1. The Hall–Kier alpha value is -4.80. The molecule has 0 radical (unpaired) electrons. The Labute approximate surface area is 291 Å². The van der Waals surface area contributed by atoms with Crippen molar-refractivity contribution in [1.82, 2.24) is 10.2 Å². The van der Waals surface area contributed by atoms with Gasteiger partial charge in [0.05, 0.1) is 30.7 Å². The highest BCUT2D eigenvalue weighted by Crippen LogP contribution is 2.56. The number of benzene rings is 3. The van der Waals surface area contributed by atoms with Crippen LogP contribution < -0.4 is 10.2 Å². The van der Waals surface area contributed by atoms with Gasteiger partial charge in [-0.3, -0.25) is 19.2 Å². The van der Waals surface area contributed by atoms with Crippen molar-refractivity contribution in [2.75, 3.05) is 18.1 Å². The monoisotopic (exact) mass is 677 g/mol. The Balaban J connectivity index is 1.36. The Kier molecular flexibility index (Phi) is 9.09. The van der Waals surface area contributed by atoms with Crippen LogP contribution >= 0.6 is 0 Å². The number of hydrogen-bond donors (Lipinski definition) is 2. The molecule has 2 saturated heterocycles. The molecule has 260 valence electrons. The summed E-state index contributed by atoms with van der Waals surface area (Å²) in [5, 5.41) is 15.6. The van der Waals surface area contributed by atoms with Gasteiger partial charge in [0.2, 0.25) is 11.8 Å². The Morgan fingerprint density at radius 2 is 1.68 bits per heavy atom. The van der Waals surface area contributed by atoms with Crippen LogP contribution in [-0.4, -0.2) is 76.7 Å². The van der Waals surface area contributed by atoms with E-state index >= 15 is 4.79 Å². The van der Waals surface area contributed by atoms with Crippen molar-refractivity contribution in [3.05, 3.63) is 103 Å².